The van der Waals surface area contributed by atoms with Crippen LogP contribution in [0.15, 0.2) is 35.1 Å². The molecule has 94 valence electrons. The maximum absolute atomic E-state index is 11.9. The Morgan fingerprint density at radius 1 is 1.56 bits per heavy atom. The van der Waals surface area contributed by atoms with E-state index < -0.39 is 0 Å². The summed E-state index contributed by atoms with van der Waals surface area (Å²) in [5.74, 6) is -0.00401. The van der Waals surface area contributed by atoms with Crippen LogP contribution in [0.2, 0.25) is 5.22 Å². The molecule has 1 N–H and O–H groups in total. The minimum absolute atomic E-state index is 0.0503. The normalized spacial score (nSPS) is 10.1. The lowest BCUT2D eigenvalue weighted by molar-refractivity contribution is 0.102. The molecule has 6 heteroatoms. The smallest absolute Gasteiger partial charge is 0.260 e. The van der Waals surface area contributed by atoms with E-state index in [1.54, 1.807) is 18.3 Å². The number of halogens is 1. The second kappa shape index (κ2) is 5.55. The fourth-order valence-corrected chi connectivity index (χ4v) is 1.58. The Bertz CT molecular complexity index is 554. The Kier molecular flexibility index (Phi) is 3.84. The van der Waals surface area contributed by atoms with E-state index in [1.165, 1.54) is 12.3 Å². The highest BCUT2D eigenvalue weighted by Gasteiger charge is 2.15. The number of pyridine rings is 1. The van der Waals surface area contributed by atoms with Crippen LogP contribution in [0.4, 0.5) is 5.69 Å². The van der Waals surface area contributed by atoms with Gasteiger partial charge in [-0.3, -0.25) is 4.79 Å². The van der Waals surface area contributed by atoms with Crippen LogP contribution in [0.1, 0.15) is 17.3 Å². The molecule has 0 radical (unpaired) electrons. The zero-order valence-corrected chi connectivity index (χ0v) is 10.4. The standard InChI is InChI=1S/C12H11ClN2O3/c1-2-17-12-9(4-3-6-14-12)15-11(16)8-5-7-18-10(8)13/h3-7H,2H2,1H3,(H,15,16). The van der Waals surface area contributed by atoms with Crippen molar-refractivity contribution in [1.82, 2.24) is 4.98 Å². The van der Waals surface area contributed by atoms with Gasteiger partial charge in [-0.2, -0.15) is 0 Å². The molecule has 2 aromatic heterocycles. The monoisotopic (exact) mass is 266 g/mol. The third kappa shape index (κ3) is 2.62. The van der Waals surface area contributed by atoms with Gasteiger partial charge in [-0.1, -0.05) is 0 Å². The maximum atomic E-state index is 11.9. The number of nitrogens with zero attached hydrogens (tertiary/aromatic N) is 1. The molecule has 0 aliphatic rings. The van der Waals surface area contributed by atoms with Gasteiger partial charge in [0.25, 0.3) is 5.91 Å². The summed E-state index contributed by atoms with van der Waals surface area (Å²) < 4.78 is 10.2. The Hall–Kier alpha value is -2.01. The number of carbonyl (C=O) groups is 1. The fraction of sp³-hybridized carbons (Fsp3) is 0.167. The number of carbonyl (C=O) groups excluding carboxylic acids is 1. The van der Waals surface area contributed by atoms with E-state index in [0.29, 0.717) is 18.2 Å². The zero-order chi connectivity index (χ0) is 13.0. The molecule has 2 rings (SSSR count). The number of furan rings is 1. The lowest BCUT2D eigenvalue weighted by atomic mass is 10.3. The van der Waals surface area contributed by atoms with Crippen molar-refractivity contribution in [2.45, 2.75) is 6.92 Å². The molecule has 2 heterocycles. The number of hydrogen-bond donors (Lipinski definition) is 1. The van der Waals surface area contributed by atoms with Crippen LogP contribution in [-0.2, 0) is 0 Å². The molecule has 2 aromatic rings. The van der Waals surface area contributed by atoms with Crippen LogP contribution in [0.5, 0.6) is 5.88 Å². The highest BCUT2D eigenvalue weighted by Crippen LogP contribution is 2.23. The minimum atomic E-state index is -0.372. The Morgan fingerprint density at radius 2 is 2.39 bits per heavy atom. The van der Waals surface area contributed by atoms with E-state index in [2.05, 4.69) is 10.3 Å². The molecule has 0 saturated carbocycles. The van der Waals surface area contributed by atoms with Gasteiger partial charge in [0, 0.05) is 6.20 Å². The molecular formula is C12H11ClN2O3. The summed E-state index contributed by atoms with van der Waals surface area (Å²) in [7, 11) is 0. The summed E-state index contributed by atoms with van der Waals surface area (Å²) in [6.45, 7) is 2.31. The summed E-state index contributed by atoms with van der Waals surface area (Å²) in [5.41, 5.74) is 0.754. The molecule has 0 spiro atoms. The van der Waals surface area contributed by atoms with E-state index in [0.717, 1.165) is 0 Å². The highest BCUT2D eigenvalue weighted by molar-refractivity contribution is 6.32. The van der Waals surface area contributed by atoms with Gasteiger partial charge < -0.3 is 14.5 Å². The molecule has 0 aromatic carbocycles. The summed E-state index contributed by atoms with van der Waals surface area (Å²) in [4.78, 5) is 15.9. The van der Waals surface area contributed by atoms with Crippen LogP contribution in [-0.4, -0.2) is 17.5 Å². The molecule has 0 atom stereocenters. The summed E-state index contributed by atoms with van der Waals surface area (Å²) in [5, 5.41) is 2.72. The molecular weight excluding hydrogens is 256 g/mol. The summed E-state index contributed by atoms with van der Waals surface area (Å²) in [6.07, 6.45) is 2.94. The number of nitrogens with one attached hydrogen (secondary N) is 1. The number of anilines is 1. The number of amides is 1. The first-order valence-electron chi connectivity index (χ1n) is 5.34. The van der Waals surface area contributed by atoms with Gasteiger partial charge in [0.2, 0.25) is 11.1 Å². The molecule has 0 aliphatic carbocycles. The predicted octanol–water partition coefficient (Wildman–Crippen LogP) is 2.98. The molecule has 5 nitrogen and oxygen atoms in total. The van der Waals surface area contributed by atoms with E-state index in [1.807, 2.05) is 6.92 Å². The predicted molar refractivity (Wildman–Crippen MR) is 67.1 cm³/mol. The molecule has 0 bridgehead atoms. The first kappa shape index (κ1) is 12.4. The summed E-state index contributed by atoms with van der Waals surface area (Å²) in [6, 6.07) is 4.90. The van der Waals surface area contributed by atoms with E-state index in [-0.39, 0.29) is 16.7 Å². The second-order valence-electron chi connectivity index (χ2n) is 3.35. The molecule has 0 fully saturated rings. The topological polar surface area (TPSA) is 64.4 Å². The largest absolute Gasteiger partial charge is 0.476 e. The van der Waals surface area contributed by atoms with Gasteiger partial charge in [0.1, 0.15) is 5.69 Å². The van der Waals surface area contributed by atoms with Crippen molar-refractivity contribution in [3.63, 3.8) is 0 Å². The molecule has 0 aliphatic heterocycles. The van der Waals surface area contributed by atoms with Crippen molar-refractivity contribution < 1.29 is 13.9 Å². The van der Waals surface area contributed by atoms with Crippen LogP contribution < -0.4 is 10.1 Å². The van der Waals surface area contributed by atoms with Gasteiger partial charge in [0.05, 0.1) is 18.4 Å². The van der Waals surface area contributed by atoms with Gasteiger partial charge in [-0.25, -0.2) is 4.98 Å². The van der Waals surface area contributed by atoms with Crippen LogP contribution in [0.25, 0.3) is 0 Å². The first-order chi connectivity index (χ1) is 8.72. The number of hydrogen-bond acceptors (Lipinski definition) is 4. The molecule has 18 heavy (non-hydrogen) atoms. The molecule has 0 unspecified atom stereocenters. The SMILES string of the molecule is CCOc1ncccc1NC(=O)c1ccoc1Cl. The average Bonchev–Trinajstić information content (AvgIpc) is 2.78. The van der Waals surface area contributed by atoms with Crippen molar-refractivity contribution in [1.29, 1.82) is 0 Å². The minimum Gasteiger partial charge on any atom is -0.476 e. The lowest BCUT2D eigenvalue weighted by Crippen LogP contribution is -2.13. The third-order valence-electron chi connectivity index (χ3n) is 2.16. The molecule has 1 amide bonds. The van der Waals surface area contributed by atoms with E-state index in [4.69, 9.17) is 20.8 Å². The Balaban J connectivity index is 2.19. The van der Waals surface area contributed by atoms with Crippen molar-refractivity contribution in [3.8, 4) is 5.88 Å². The number of ether oxygens (including phenoxy) is 1. The zero-order valence-electron chi connectivity index (χ0n) is 9.64. The van der Waals surface area contributed by atoms with Crippen molar-refractivity contribution in [2.24, 2.45) is 0 Å². The Labute approximate surface area is 109 Å². The van der Waals surface area contributed by atoms with Crippen LogP contribution in [0.3, 0.4) is 0 Å². The van der Waals surface area contributed by atoms with Gasteiger partial charge in [-0.05, 0) is 36.7 Å². The maximum Gasteiger partial charge on any atom is 0.260 e. The lowest BCUT2D eigenvalue weighted by Gasteiger charge is -2.09. The number of aromatic nitrogens is 1. The van der Waals surface area contributed by atoms with Crippen LogP contribution >= 0.6 is 11.6 Å². The molecule has 0 saturated heterocycles. The average molecular weight is 267 g/mol. The van der Waals surface area contributed by atoms with E-state index in [9.17, 15) is 4.79 Å². The van der Waals surface area contributed by atoms with Crippen LogP contribution in [0, 0.1) is 0 Å². The van der Waals surface area contributed by atoms with Gasteiger partial charge >= 0.3 is 0 Å². The Morgan fingerprint density at radius 3 is 3.06 bits per heavy atom. The fourth-order valence-electron chi connectivity index (χ4n) is 1.38. The first-order valence-corrected chi connectivity index (χ1v) is 5.72. The van der Waals surface area contributed by atoms with Gasteiger partial charge in [0.15, 0.2) is 0 Å². The quantitative estimate of drug-likeness (QED) is 0.924. The van der Waals surface area contributed by atoms with Crippen molar-refractivity contribution in [2.75, 3.05) is 11.9 Å². The second-order valence-corrected chi connectivity index (χ2v) is 3.69. The third-order valence-corrected chi connectivity index (χ3v) is 2.46. The van der Waals surface area contributed by atoms with Gasteiger partial charge in [-0.15, -0.1) is 0 Å². The highest BCUT2D eigenvalue weighted by atomic mass is 35.5. The number of rotatable bonds is 4. The summed E-state index contributed by atoms with van der Waals surface area (Å²) >= 11 is 5.73. The van der Waals surface area contributed by atoms with E-state index >= 15 is 0 Å². The van der Waals surface area contributed by atoms with Crippen molar-refractivity contribution in [3.05, 3.63) is 41.4 Å². The van der Waals surface area contributed by atoms with Crippen molar-refractivity contribution >= 4 is 23.2 Å².